The van der Waals surface area contributed by atoms with Crippen LogP contribution in [-0.2, 0) is 30.8 Å². The SMILES string of the molecule is CC(C)CCCCCCc1ccc(COCc2ccc(CCCCCCC(C)C)cc2)cc1. The van der Waals surface area contributed by atoms with Gasteiger partial charge in [-0.3, -0.25) is 0 Å². The highest BCUT2D eigenvalue weighted by atomic mass is 16.5. The summed E-state index contributed by atoms with van der Waals surface area (Å²) in [6.07, 6.45) is 16.0. The van der Waals surface area contributed by atoms with Crippen LogP contribution in [0.5, 0.6) is 0 Å². The Balaban J connectivity index is 1.56. The van der Waals surface area contributed by atoms with E-state index in [1.165, 1.54) is 99.3 Å². The summed E-state index contributed by atoms with van der Waals surface area (Å²) in [7, 11) is 0. The highest BCUT2D eigenvalue weighted by Gasteiger charge is 2.00. The third-order valence-corrected chi connectivity index (χ3v) is 6.58. The molecule has 33 heavy (non-hydrogen) atoms. The monoisotopic (exact) mass is 450 g/mol. The number of benzene rings is 2. The van der Waals surface area contributed by atoms with Crippen LogP contribution in [0.3, 0.4) is 0 Å². The van der Waals surface area contributed by atoms with E-state index in [1.807, 2.05) is 0 Å². The van der Waals surface area contributed by atoms with Gasteiger partial charge in [0.05, 0.1) is 13.2 Å². The minimum atomic E-state index is 0.688. The van der Waals surface area contributed by atoms with Gasteiger partial charge in [-0.2, -0.15) is 0 Å². The lowest BCUT2D eigenvalue weighted by molar-refractivity contribution is 0.107. The number of hydrogen-bond donors (Lipinski definition) is 0. The van der Waals surface area contributed by atoms with E-state index < -0.39 is 0 Å². The van der Waals surface area contributed by atoms with Gasteiger partial charge in [-0.15, -0.1) is 0 Å². The van der Waals surface area contributed by atoms with Gasteiger partial charge < -0.3 is 4.74 Å². The molecule has 1 heteroatoms. The first-order valence-corrected chi connectivity index (χ1v) is 13.8. The average molecular weight is 451 g/mol. The molecule has 0 aliphatic heterocycles. The summed E-state index contributed by atoms with van der Waals surface area (Å²) in [5.74, 6) is 1.69. The third-order valence-electron chi connectivity index (χ3n) is 6.58. The molecule has 0 aliphatic rings. The maximum atomic E-state index is 5.97. The van der Waals surface area contributed by atoms with E-state index in [0.29, 0.717) is 13.2 Å². The maximum Gasteiger partial charge on any atom is 0.0721 e. The normalized spacial score (nSPS) is 11.6. The van der Waals surface area contributed by atoms with Crippen LogP contribution in [-0.4, -0.2) is 0 Å². The molecular weight excluding hydrogens is 400 g/mol. The zero-order valence-electron chi connectivity index (χ0n) is 22.1. The molecular formula is C32H50O. The molecule has 0 heterocycles. The van der Waals surface area contributed by atoms with Crippen molar-refractivity contribution in [2.24, 2.45) is 11.8 Å². The van der Waals surface area contributed by atoms with Crippen LogP contribution in [0.1, 0.15) is 114 Å². The predicted octanol–water partition coefficient (Wildman–Crippen LogP) is 9.70. The van der Waals surface area contributed by atoms with Gasteiger partial charge in [0.2, 0.25) is 0 Å². The zero-order chi connectivity index (χ0) is 23.7. The topological polar surface area (TPSA) is 9.23 Å². The second-order valence-electron chi connectivity index (χ2n) is 10.8. The van der Waals surface area contributed by atoms with E-state index in [4.69, 9.17) is 4.74 Å². The molecule has 0 aromatic heterocycles. The van der Waals surface area contributed by atoms with Crippen molar-refractivity contribution in [3.05, 3.63) is 70.8 Å². The molecule has 0 fully saturated rings. The molecule has 0 saturated carbocycles. The molecule has 0 radical (unpaired) electrons. The molecule has 0 aliphatic carbocycles. The smallest absolute Gasteiger partial charge is 0.0721 e. The molecule has 2 aromatic carbocycles. The lowest BCUT2D eigenvalue weighted by atomic mass is 10.0. The van der Waals surface area contributed by atoms with Gasteiger partial charge in [0.1, 0.15) is 0 Å². The molecule has 184 valence electrons. The molecule has 0 amide bonds. The van der Waals surface area contributed by atoms with Gasteiger partial charge in [-0.05, 0) is 59.8 Å². The Kier molecular flexibility index (Phi) is 14.2. The van der Waals surface area contributed by atoms with Crippen molar-refractivity contribution >= 4 is 0 Å². The standard InChI is InChI=1S/C32H50O/c1-27(2)13-9-5-7-11-15-29-17-21-31(22-18-29)25-33-26-32-23-19-30(20-24-32)16-12-8-6-10-14-28(3)4/h17-24,27-28H,5-16,25-26H2,1-4H3. The summed E-state index contributed by atoms with van der Waals surface area (Å²) >= 11 is 0. The summed E-state index contributed by atoms with van der Waals surface area (Å²) in [6, 6.07) is 18.1. The van der Waals surface area contributed by atoms with E-state index in [-0.39, 0.29) is 0 Å². The van der Waals surface area contributed by atoms with Gasteiger partial charge >= 0.3 is 0 Å². The van der Waals surface area contributed by atoms with E-state index >= 15 is 0 Å². The number of unbranched alkanes of at least 4 members (excludes halogenated alkanes) is 6. The van der Waals surface area contributed by atoms with Crippen LogP contribution in [0, 0.1) is 11.8 Å². The molecule has 0 atom stereocenters. The average Bonchev–Trinajstić information content (AvgIpc) is 2.80. The highest BCUT2D eigenvalue weighted by Crippen LogP contribution is 2.15. The van der Waals surface area contributed by atoms with Crippen LogP contribution in [0.15, 0.2) is 48.5 Å². The van der Waals surface area contributed by atoms with E-state index in [2.05, 4.69) is 76.2 Å². The Morgan fingerprint density at radius 1 is 0.455 bits per heavy atom. The fraction of sp³-hybridized carbons (Fsp3) is 0.625. The Labute approximate surface area is 205 Å². The fourth-order valence-corrected chi connectivity index (χ4v) is 4.36. The molecule has 0 spiro atoms. The van der Waals surface area contributed by atoms with Crippen molar-refractivity contribution in [3.8, 4) is 0 Å². The van der Waals surface area contributed by atoms with Gasteiger partial charge in [0.25, 0.3) is 0 Å². The quantitative estimate of drug-likeness (QED) is 0.205. The molecule has 0 N–H and O–H groups in total. The van der Waals surface area contributed by atoms with Crippen molar-refractivity contribution in [1.82, 2.24) is 0 Å². The fourth-order valence-electron chi connectivity index (χ4n) is 4.36. The number of hydrogen-bond acceptors (Lipinski definition) is 1. The summed E-state index contributed by atoms with van der Waals surface area (Å²) in [5, 5.41) is 0. The van der Waals surface area contributed by atoms with Crippen LogP contribution in [0.4, 0.5) is 0 Å². The number of aryl methyl sites for hydroxylation is 2. The molecule has 0 bridgehead atoms. The largest absolute Gasteiger partial charge is 0.372 e. The Morgan fingerprint density at radius 2 is 0.788 bits per heavy atom. The molecule has 2 rings (SSSR count). The van der Waals surface area contributed by atoms with Crippen molar-refractivity contribution in [2.75, 3.05) is 0 Å². The lowest BCUT2D eigenvalue weighted by Gasteiger charge is -2.08. The first-order chi connectivity index (χ1) is 16.0. The van der Waals surface area contributed by atoms with Crippen molar-refractivity contribution in [3.63, 3.8) is 0 Å². The Bertz CT molecular complexity index is 648. The van der Waals surface area contributed by atoms with Crippen molar-refractivity contribution in [2.45, 2.75) is 118 Å². The second-order valence-corrected chi connectivity index (χ2v) is 10.8. The molecule has 1 nitrogen and oxygen atoms in total. The summed E-state index contributed by atoms with van der Waals surface area (Å²) < 4.78 is 5.97. The van der Waals surface area contributed by atoms with Crippen LogP contribution in [0.25, 0.3) is 0 Å². The second kappa shape index (κ2) is 16.9. The zero-order valence-corrected chi connectivity index (χ0v) is 22.1. The summed E-state index contributed by atoms with van der Waals surface area (Å²) in [5.41, 5.74) is 5.45. The number of rotatable bonds is 18. The first-order valence-electron chi connectivity index (χ1n) is 13.8. The third kappa shape index (κ3) is 13.6. The number of ether oxygens (including phenoxy) is 1. The summed E-state index contributed by atoms with van der Waals surface area (Å²) in [6.45, 7) is 10.7. The predicted molar refractivity (Wildman–Crippen MR) is 145 cm³/mol. The minimum Gasteiger partial charge on any atom is -0.372 e. The molecule has 0 unspecified atom stereocenters. The Hall–Kier alpha value is -1.60. The van der Waals surface area contributed by atoms with E-state index in [9.17, 15) is 0 Å². The van der Waals surface area contributed by atoms with Crippen LogP contribution >= 0.6 is 0 Å². The van der Waals surface area contributed by atoms with Gasteiger partial charge in [0, 0.05) is 0 Å². The maximum absolute atomic E-state index is 5.97. The van der Waals surface area contributed by atoms with Crippen molar-refractivity contribution < 1.29 is 4.74 Å². The Morgan fingerprint density at radius 3 is 1.15 bits per heavy atom. The van der Waals surface area contributed by atoms with Gasteiger partial charge in [0.15, 0.2) is 0 Å². The van der Waals surface area contributed by atoms with E-state index in [1.54, 1.807) is 0 Å². The van der Waals surface area contributed by atoms with Crippen LogP contribution < -0.4 is 0 Å². The highest BCUT2D eigenvalue weighted by molar-refractivity contribution is 5.23. The van der Waals surface area contributed by atoms with Crippen LogP contribution in [0.2, 0.25) is 0 Å². The van der Waals surface area contributed by atoms with Crippen molar-refractivity contribution in [1.29, 1.82) is 0 Å². The van der Waals surface area contributed by atoms with Gasteiger partial charge in [-0.1, -0.05) is 128 Å². The molecule has 0 saturated heterocycles. The summed E-state index contributed by atoms with van der Waals surface area (Å²) in [4.78, 5) is 0. The molecule has 2 aromatic rings. The van der Waals surface area contributed by atoms with E-state index in [0.717, 1.165) is 11.8 Å². The first kappa shape index (κ1) is 27.6. The minimum absolute atomic E-state index is 0.688. The van der Waals surface area contributed by atoms with Gasteiger partial charge in [-0.25, -0.2) is 0 Å². The lowest BCUT2D eigenvalue weighted by Crippen LogP contribution is -1.96.